The van der Waals surface area contributed by atoms with Crippen LogP contribution in [0.4, 0.5) is 10.5 Å². The van der Waals surface area contributed by atoms with E-state index in [2.05, 4.69) is 5.32 Å². The molecule has 8 nitrogen and oxygen atoms in total. The molecule has 40 heavy (non-hydrogen) atoms. The minimum atomic E-state index is -0.853. The van der Waals surface area contributed by atoms with E-state index in [1.807, 2.05) is 6.92 Å². The molecule has 0 bridgehead atoms. The molecular weight excluding hydrogens is 579 g/mol. The molecule has 11 heteroatoms. The normalized spacial score (nSPS) is 14.4. The van der Waals surface area contributed by atoms with Crippen LogP contribution in [0.5, 0.6) is 17.2 Å². The molecule has 0 unspecified atom stereocenters. The molecule has 0 radical (unpaired) electrons. The number of ether oxygens (including phenoxy) is 3. The third-order valence-electron chi connectivity index (χ3n) is 5.68. The zero-order chi connectivity index (χ0) is 28.8. The van der Waals surface area contributed by atoms with Gasteiger partial charge in [-0.15, -0.1) is 0 Å². The summed E-state index contributed by atoms with van der Waals surface area (Å²) in [5.74, 6) is -0.436. The number of hydrogen-bond acceptors (Lipinski definition) is 6. The minimum absolute atomic E-state index is 0.136. The summed E-state index contributed by atoms with van der Waals surface area (Å²) in [6.07, 6.45) is 2.18. The number of hydrogen-bond donors (Lipinski definition) is 1. The highest BCUT2D eigenvalue weighted by molar-refractivity contribution is 6.42. The van der Waals surface area contributed by atoms with Gasteiger partial charge in [-0.25, -0.2) is 9.69 Å². The summed E-state index contributed by atoms with van der Waals surface area (Å²) in [5.41, 5.74) is 1.18. The minimum Gasteiger partial charge on any atom is -0.494 e. The maximum absolute atomic E-state index is 13.3. The van der Waals surface area contributed by atoms with Crippen LogP contribution in [0, 0.1) is 0 Å². The lowest BCUT2D eigenvalue weighted by Gasteiger charge is -2.26. The second-order valence-electron chi connectivity index (χ2n) is 8.60. The van der Waals surface area contributed by atoms with E-state index in [0.29, 0.717) is 40.3 Å². The highest BCUT2D eigenvalue weighted by atomic mass is 35.5. The fraction of sp³-hybridized carbons (Fsp3) is 0.207. The summed E-state index contributed by atoms with van der Waals surface area (Å²) >= 11 is 18.6. The van der Waals surface area contributed by atoms with Gasteiger partial charge in [0, 0.05) is 0 Å². The van der Waals surface area contributed by atoms with Crippen LogP contribution >= 0.6 is 34.8 Å². The van der Waals surface area contributed by atoms with Crippen molar-refractivity contribution in [2.24, 2.45) is 0 Å². The number of anilines is 1. The molecule has 1 aliphatic rings. The Bertz CT molecular complexity index is 1470. The number of carbonyl (C=O) groups is 3. The molecule has 1 N–H and O–H groups in total. The van der Waals surface area contributed by atoms with Crippen molar-refractivity contribution >= 4 is 64.4 Å². The summed E-state index contributed by atoms with van der Waals surface area (Å²) in [7, 11) is 0. The molecule has 3 aromatic rings. The lowest BCUT2D eigenvalue weighted by molar-refractivity contribution is -0.122. The van der Waals surface area contributed by atoms with E-state index in [1.54, 1.807) is 55.5 Å². The summed E-state index contributed by atoms with van der Waals surface area (Å²) in [6, 6.07) is 13.8. The van der Waals surface area contributed by atoms with Crippen LogP contribution in [0.3, 0.4) is 0 Å². The van der Waals surface area contributed by atoms with Crippen molar-refractivity contribution in [3.8, 4) is 17.2 Å². The van der Waals surface area contributed by atoms with Gasteiger partial charge in [0.15, 0.2) is 11.5 Å². The van der Waals surface area contributed by atoms with Crippen LogP contribution in [-0.4, -0.2) is 31.1 Å². The molecule has 1 saturated heterocycles. The maximum Gasteiger partial charge on any atom is 0.335 e. The fourth-order valence-electron chi connectivity index (χ4n) is 3.83. The number of nitrogens with one attached hydrogen (secondary N) is 1. The highest BCUT2D eigenvalue weighted by Crippen LogP contribution is 2.38. The second kappa shape index (κ2) is 13.1. The smallest absolute Gasteiger partial charge is 0.335 e. The molecule has 4 amide bonds. The van der Waals surface area contributed by atoms with E-state index in [1.165, 1.54) is 12.1 Å². The van der Waals surface area contributed by atoms with Crippen LogP contribution in [0.2, 0.25) is 15.1 Å². The number of urea groups is 1. The van der Waals surface area contributed by atoms with Gasteiger partial charge in [-0.1, -0.05) is 47.8 Å². The second-order valence-corrected chi connectivity index (χ2v) is 9.82. The number of nitrogens with zero attached hydrogens (tertiary/aromatic N) is 1. The Labute approximate surface area is 246 Å². The Hall–Kier alpha value is -3.72. The van der Waals surface area contributed by atoms with Gasteiger partial charge in [0.1, 0.15) is 17.9 Å². The standard InChI is InChI=1S/C29H25Cl3N2O6/c1-3-11-39-20-8-6-19(7-9-20)34-28(36)21(27(35)33-29(34)37)12-18-14-24(32)26(25(15-18)38-4-2)40-16-17-5-10-22(30)23(31)13-17/h5-10,12-15H,3-4,11,16H2,1-2H3,(H,33,35,37)/b21-12-. The fourth-order valence-corrected chi connectivity index (χ4v) is 4.42. The number of halogens is 3. The van der Waals surface area contributed by atoms with Crippen molar-refractivity contribution in [3.05, 3.63) is 86.4 Å². The Morgan fingerprint density at radius 2 is 1.60 bits per heavy atom. The van der Waals surface area contributed by atoms with Crippen molar-refractivity contribution in [1.29, 1.82) is 0 Å². The molecule has 0 aromatic heterocycles. The van der Waals surface area contributed by atoms with Crippen molar-refractivity contribution < 1.29 is 28.6 Å². The molecule has 1 fully saturated rings. The lowest BCUT2D eigenvalue weighted by Crippen LogP contribution is -2.54. The van der Waals surface area contributed by atoms with Gasteiger partial charge >= 0.3 is 6.03 Å². The number of amides is 4. The molecule has 0 atom stereocenters. The highest BCUT2D eigenvalue weighted by Gasteiger charge is 2.37. The molecule has 4 rings (SSSR count). The van der Waals surface area contributed by atoms with E-state index >= 15 is 0 Å². The van der Waals surface area contributed by atoms with Crippen LogP contribution in [0.15, 0.2) is 60.2 Å². The van der Waals surface area contributed by atoms with Gasteiger partial charge in [-0.2, -0.15) is 0 Å². The van der Waals surface area contributed by atoms with Gasteiger partial charge < -0.3 is 14.2 Å². The Morgan fingerprint density at radius 3 is 2.27 bits per heavy atom. The average molecular weight is 604 g/mol. The van der Waals surface area contributed by atoms with E-state index in [-0.39, 0.29) is 28.6 Å². The van der Waals surface area contributed by atoms with E-state index < -0.39 is 17.8 Å². The van der Waals surface area contributed by atoms with Crippen molar-refractivity contribution in [1.82, 2.24) is 5.32 Å². The van der Waals surface area contributed by atoms with Gasteiger partial charge in [0.25, 0.3) is 11.8 Å². The predicted octanol–water partition coefficient (Wildman–Crippen LogP) is 7.08. The molecule has 1 aliphatic heterocycles. The van der Waals surface area contributed by atoms with Crippen molar-refractivity contribution in [2.75, 3.05) is 18.1 Å². The molecule has 1 heterocycles. The number of barbiturate groups is 1. The zero-order valence-corrected chi connectivity index (χ0v) is 23.9. The topological polar surface area (TPSA) is 94.2 Å². The molecule has 208 valence electrons. The zero-order valence-electron chi connectivity index (χ0n) is 21.6. The molecule has 0 aliphatic carbocycles. The van der Waals surface area contributed by atoms with E-state index in [0.717, 1.165) is 16.9 Å². The van der Waals surface area contributed by atoms with Gasteiger partial charge in [-0.3, -0.25) is 14.9 Å². The first-order valence-electron chi connectivity index (χ1n) is 12.4. The summed E-state index contributed by atoms with van der Waals surface area (Å²) in [6.45, 7) is 4.76. The molecule has 0 saturated carbocycles. The molecule has 3 aromatic carbocycles. The van der Waals surface area contributed by atoms with Gasteiger partial charge in [0.2, 0.25) is 0 Å². The van der Waals surface area contributed by atoms with Crippen molar-refractivity contribution in [2.45, 2.75) is 26.9 Å². The largest absolute Gasteiger partial charge is 0.494 e. The number of rotatable bonds is 10. The Kier molecular flexibility index (Phi) is 9.58. The summed E-state index contributed by atoms with van der Waals surface area (Å²) in [4.78, 5) is 39.4. The summed E-state index contributed by atoms with van der Waals surface area (Å²) in [5, 5.41) is 3.22. The quantitative estimate of drug-likeness (QED) is 0.197. The SMILES string of the molecule is CCCOc1ccc(N2C(=O)NC(=O)/C(=C/c3cc(Cl)c(OCc4ccc(Cl)c(Cl)c4)c(OCC)c3)C2=O)cc1. The first-order chi connectivity index (χ1) is 19.2. The van der Waals surface area contributed by atoms with E-state index in [9.17, 15) is 14.4 Å². The molecular formula is C29H25Cl3N2O6. The Balaban J connectivity index is 1.61. The first kappa shape index (κ1) is 29.3. The van der Waals surface area contributed by atoms with Gasteiger partial charge in [0.05, 0.1) is 34.0 Å². The number of carbonyl (C=O) groups excluding carboxylic acids is 3. The molecule has 0 spiro atoms. The average Bonchev–Trinajstić information content (AvgIpc) is 2.92. The lowest BCUT2D eigenvalue weighted by atomic mass is 10.1. The van der Waals surface area contributed by atoms with Crippen molar-refractivity contribution in [3.63, 3.8) is 0 Å². The first-order valence-corrected chi connectivity index (χ1v) is 13.5. The summed E-state index contributed by atoms with van der Waals surface area (Å²) < 4.78 is 17.2. The van der Waals surface area contributed by atoms with Crippen LogP contribution in [0.25, 0.3) is 6.08 Å². The van der Waals surface area contributed by atoms with E-state index in [4.69, 9.17) is 49.0 Å². The van der Waals surface area contributed by atoms with Crippen LogP contribution in [-0.2, 0) is 16.2 Å². The van der Waals surface area contributed by atoms with Crippen LogP contribution in [0.1, 0.15) is 31.4 Å². The third kappa shape index (κ3) is 6.70. The monoisotopic (exact) mass is 602 g/mol. The third-order valence-corrected chi connectivity index (χ3v) is 6.70. The predicted molar refractivity (Wildman–Crippen MR) is 155 cm³/mol. The maximum atomic E-state index is 13.3. The number of benzene rings is 3. The number of imide groups is 2. The van der Waals surface area contributed by atoms with Gasteiger partial charge in [-0.05, 0) is 79.1 Å². The Morgan fingerprint density at radius 1 is 0.850 bits per heavy atom. The van der Waals surface area contributed by atoms with Crippen LogP contribution < -0.4 is 24.4 Å².